The maximum Gasteiger partial charge on any atom is 0.242 e. The molecule has 2 aromatic rings. The molecule has 0 aromatic heterocycles. The van der Waals surface area contributed by atoms with Crippen LogP contribution in [0, 0.1) is 0 Å². The van der Waals surface area contributed by atoms with Crippen LogP contribution in [0.3, 0.4) is 0 Å². The van der Waals surface area contributed by atoms with Crippen LogP contribution in [0.1, 0.15) is 30.9 Å². The fourth-order valence-electron chi connectivity index (χ4n) is 2.84. The van der Waals surface area contributed by atoms with Gasteiger partial charge in [0.25, 0.3) is 0 Å². The number of nitrogens with zero attached hydrogens (tertiary/aromatic N) is 1. The van der Waals surface area contributed by atoms with E-state index in [0.717, 1.165) is 11.1 Å². The Kier molecular flexibility index (Phi) is 8.52. The standard InChI is InChI=1S/C22H28N2O3/c1-18(22(27)23-15-8-16-25)24(17-20-11-6-3-7-12-20)21(26)14-13-19-9-4-2-5-10-19/h2-7,9-12,18,25H,8,13-17H2,1H3,(H,23,27)/t18-/m1/s1. The van der Waals surface area contributed by atoms with Crippen LogP contribution in [0.5, 0.6) is 0 Å². The van der Waals surface area contributed by atoms with E-state index in [4.69, 9.17) is 5.11 Å². The van der Waals surface area contributed by atoms with E-state index in [2.05, 4.69) is 5.32 Å². The molecule has 0 bridgehead atoms. The molecular weight excluding hydrogens is 340 g/mol. The number of hydrogen-bond donors (Lipinski definition) is 2. The van der Waals surface area contributed by atoms with E-state index in [0.29, 0.717) is 32.4 Å². The van der Waals surface area contributed by atoms with Gasteiger partial charge < -0.3 is 15.3 Å². The summed E-state index contributed by atoms with van der Waals surface area (Å²) < 4.78 is 0. The Morgan fingerprint density at radius 1 is 1.00 bits per heavy atom. The Morgan fingerprint density at radius 3 is 2.19 bits per heavy atom. The molecule has 5 heteroatoms. The highest BCUT2D eigenvalue weighted by atomic mass is 16.3. The van der Waals surface area contributed by atoms with Crippen molar-refractivity contribution in [2.45, 2.75) is 38.8 Å². The van der Waals surface area contributed by atoms with Crippen molar-refractivity contribution in [2.75, 3.05) is 13.2 Å². The molecule has 0 aliphatic rings. The molecule has 0 saturated carbocycles. The third-order valence-electron chi connectivity index (χ3n) is 4.47. The first-order chi connectivity index (χ1) is 13.1. The van der Waals surface area contributed by atoms with E-state index >= 15 is 0 Å². The molecule has 0 radical (unpaired) electrons. The maximum atomic E-state index is 12.9. The minimum absolute atomic E-state index is 0.0262. The summed E-state index contributed by atoms with van der Waals surface area (Å²) >= 11 is 0. The number of amides is 2. The zero-order valence-corrected chi connectivity index (χ0v) is 15.8. The van der Waals surface area contributed by atoms with Crippen LogP contribution in [0.15, 0.2) is 60.7 Å². The summed E-state index contributed by atoms with van der Waals surface area (Å²) in [5.41, 5.74) is 2.09. The van der Waals surface area contributed by atoms with Crippen molar-refractivity contribution in [3.8, 4) is 0 Å². The molecule has 2 amide bonds. The van der Waals surface area contributed by atoms with Gasteiger partial charge in [-0.3, -0.25) is 9.59 Å². The van der Waals surface area contributed by atoms with E-state index in [9.17, 15) is 9.59 Å². The predicted octanol–water partition coefficient (Wildman–Crippen LogP) is 2.54. The van der Waals surface area contributed by atoms with Gasteiger partial charge in [-0.15, -0.1) is 0 Å². The molecule has 2 aromatic carbocycles. The van der Waals surface area contributed by atoms with Crippen LogP contribution in [0.4, 0.5) is 0 Å². The van der Waals surface area contributed by atoms with E-state index in [1.54, 1.807) is 11.8 Å². The van der Waals surface area contributed by atoms with Crippen molar-refractivity contribution >= 4 is 11.8 Å². The number of carbonyl (C=O) groups excluding carboxylic acids is 2. The first-order valence-electron chi connectivity index (χ1n) is 9.37. The van der Waals surface area contributed by atoms with Gasteiger partial charge in [0, 0.05) is 26.1 Å². The second kappa shape index (κ2) is 11.1. The Balaban J connectivity index is 2.05. The van der Waals surface area contributed by atoms with Gasteiger partial charge in [0.1, 0.15) is 6.04 Å². The minimum Gasteiger partial charge on any atom is -0.396 e. The van der Waals surface area contributed by atoms with Crippen molar-refractivity contribution in [2.24, 2.45) is 0 Å². The van der Waals surface area contributed by atoms with Gasteiger partial charge in [-0.05, 0) is 30.9 Å². The van der Waals surface area contributed by atoms with Crippen molar-refractivity contribution in [3.05, 3.63) is 71.8 Å². The van der Waals surface area contributed by atoms with Gasteiger partial charge in [0.2, 0.25) is 11.8 Å². The average molecular weight is 368 g/mol. The molecule has 0 fully saturated rings. The number of aryl methyl sites for hydroxylation is 1. The number of nitrogens with one attached hydrogen (secondary N) is 1. The molecule has 144 valence electrons. The highest BCUT2D eigenvalue weighted by Gasteiger charge is 2.25. The number of carbonyl (C=O) groups is 2. The van der Waals surface area contributed by atoms with Crippen molar-refractivity contribution in [1.82, 2.24) is 10.2 Å². The highest BCUT2D eigenvalue weighted by molar-refractivity contribution is 5.87. The number of benzene rings is 2. The summed E-state index contributed by atoms with van der Waals surface area (Å²) in [6, 6.07) is 19.0. The smallest absolute Gasteiger partial charge is 0.242 e. The summed E-state index contributed by atoms with van der Waals surface area (Å²) in [4.78, 5) is 27.0. The molecule has 2 rings (SSSR count). The van der Waals surface area contributed by atoms with Gasteiger partial charge in [-0.25, -0.2) is 0 Å². The average Bonchev–Trinajstić information content (AvgIpc) is 2.71. The van der Waals surface area contributed by atoms with E-state index < -0.39 is 6.04 Å². The number of aliphatic hydroxyl groups is 1. The van der Waals surface area contributed by atoms with Crippen LogP contribution >= 0.6 is 0 Å². The molecule has 0 saturated heterocycles. The summed E-state index contributed by atoms with van der Waals surface area (Å²) in [6.07, 6.45) is 1.49. The molecular formula is C22H28N2O3. The second-order valence-corrected chi connectivity index (χ2v) is 6.54. The Morgan fingerprint density at radius 2 is 1.59 bits per heavy atom. The predicted molar refractivity (Wildman–Crippen MR) is 106 cm³/mol. The topological polar surface area (TPSA) is 69.6 Å². The Labute approximate surface area is 161 Å². The highest BCUT2D eigenvalue weighted by Crippen LogP contribution is 2.13. The summed E-state index contributed by atoms with van der Waals surface area (Å²) in [5, 5.41) is 11.7. The minimum atomic E-state index is -0.577. The fraction of sp³-hybridized carbons (Fsp3) is 0.364. The Bertz CT molecular complexity index is 704. The van der Waals surface area contributed by atoms with Gasteiger partial charge in [-0.2, -0.15) is 0 Å². The molecule has 5 nitrogen and oxygen atoms in total. The first-order valence-corrected chi connectivity index (χ1v) is 9.37. The van der Waals surface area contributed by atoms with E-state index in [-0.39, 0.29) is 18.4 Å². The van der Waals surface area contributed by atoms with Crippen LogP contribution in [-0.2, 0) is 22.6 Å². The van der Waals surface area contributed by atoms with Crippen LogP contribution in [0.2, 0.25) is 0 Å². The quantitative estimate of drug-likeness (QED) is 0.633. The third kappa shape index (κ3) is 6.87. The molecule has 2 N–H and O–H groups in total. The molecule has 0 aliphatic carbocycles. The number of hydrogen-bond acceptors (Lipinski definition) is 3. The van der Waals surface area contributed by atoms with Crippen molar-refractivity contribution < 1.29 is 14.7 Å². The second-order valence-electron chi connectivity index (χ2n) is 6.54. The van der Waals surface area contributed by atoms with Crippen molar-refractivity contribution in [1.29, 1.82) is 0 Å². The lowest BCUT2D eigenvalue weighted by atomic mass is 10.1. The normalized spacial score (nSPS) is 11.6. The fourth-order valence-corrected chi connectivity index (χ4v) is 2.84. The van der Waals surface area contributed by atoms with Gasteiger partial charge in [0.15, 0.2) is 0 Å². The van der Waals surface area contributed by atoms with Gasteiger partial charge >= 0.3 is 0 Å². The number of aliphatic hydroxyl groups excluding tert-OH is 1. The van der Waals surface area contributed by atoms with Gasteiger partial charge in [-0.1, -0.05) is 60.7 Å². The Hall–Kier alpha value is -2.66. The maximum absolute atomic E-state index is 12.9. The lowest BCUT2D eigenvalue weighted by molar-refractivity contribution is -0.140. The van der Waals surface area contributed by atoms with Crippen LogP contribution < -0.4 is 5.32 Å². The van der Waals surface area contributed by atoms with Crippen LogP contribution in [-0.4, -0.2) is 41.0 Å². The third-order valence-corrected chi connectivity index (χ3v) is 4.47. The molecule has 0 unspecified atom stereocenters. The summed E-state index contributed by atoms with van der Waals surface area (Å²) in [7, 11) is 0. The lowest BCUT2D eigenvalue weighted by Crippen LogP contribution is -2.47. The van der Waals surface area contributed by atoms with E-state index in [1.807, 2.05) is 60.7 Å². The SMILES string of the molecule is C[C@H](C(=O)NCCCO)N(Cc1ccccc1)C(=O)CCc1ccccc1. The van der Waals surface area contributed by atoms with Gasteiger partial charge in [0.05, 0.1) is 0 Å². The number of rotatable bonds is 10. The summed E-state index contributed by atoms with van der Waals surface area (Å²) in [6.45, 7) is 2.57. The zero-order valence-electron chi connectivity index (χ0n) is 15.8. The van der Waals surface area contributed by atoms with E-state index in [1.165, 1.54) is 0 Å². The largest absolute Gasteiger partial charge is 0.396 e. The molecule has 27 heavy (non-hydrogen) atoms. The van der Waals surface area contributed by atoms with Crippen LogP contribution in [0.25, 0.3) is 0 Å². The monoisotopic (exact) mass is 368 g/mol. The van der Waals surface area contributed by atoms with Crippen molar-refractivity contribution in [3.63, 3.8) is 0 Å². The molecule has 0 spiro atoms. The first kappa shape index (κ1) is 20.6. The lowest BCUT2D eigenvalue weighted by Gasteiger charge is -2.29. The molecule has 1 atom stereocenters. The molecule has 0 heterocycles. The zero-order chi connectivity index (χ0) is 19.5. The molecule has 0 aliphatic heterocycles. The summed E-state index contributed by atoms with van der Waals surface area (Å²) in [5.74, 6) is -0.250.